The number of rotatable bonds is 3. The first-order valence-corrected chi connectivity index (χ1v) is 7.54. The molecule has 0 bridgehead atoms. The highest BCUT2D eigenvalue weighted by Gasteiger charge is 2.19. The Morgan fingerprint density at radius 1 is 1.33 bits per heavy atom. The Hall–Kier alpha value is -1.69. The van der Waals surface area contributed by atoms with Crippen LogP contribution in [0.3, 0.4) is 0 Å². The third kappa shape index (κ3) is 4.14. The van der Waals surface area contributed by atoms with Crippen LogP contribution in [-0.4, -0.2) is 27.5 Å². The molecule has 0 spiro atoms. The molecule has 6 heteroatoms. The summed E-state index contributed by atoms with van der Waals surface area (Å²) >= 11 is 3.38. The van der Waals surface area contributed by atoms with E-state index in [2.05, 4.69) is 36.5 Å². The van der Waals surface area contributed by atoms with Crippen LogP contribution >= 0.6 is 15.9 Å². The van der Waals surface area contributed by atoms with E-state index in [-0.39, 0.29) is 17.5 Å². The predicted molar refractivity (Wildman–Crippen MR) is 88.2 cm³/mol. The minimum Gasteiger partial charge on any atom is -0.372 e. The first-order chi connectivity index (χ1) is 9.76. The number of hydrogen-bond acceptors (Lipinski definition) is 4. The van der Waals surface area contributed by atoms with Gasteiger partial charge in [-0.15, -0.1) is 0 Å². The van der Waals surface area contributed by atoms with Crippen molar-refractivity contribution in [1.29, 1.82) is 0 Å². The molecule has 2 N–H and O–H groups in total. The molecule has 2 aromatic heterocycles. The van der Waals surface area contributed by atoms with Gasteiger partial charge < -0.3 is 10.6 Å². The molecule has 2 aromatic rings. The normalized spacial score (nSPS) is 13.0. The van der Waals surface area contributed by atoms with Crippen LogP contribution in [-0.2, 0) is 4.79 Å². The molecule has 5 nitrogen and oxygen atoms in total. The van der Waals surface area contributed by atoms with Gasteiger partial charge in [0.2, 0.25) is 5.91 Å². The van der Waals surface area contributed by atoms with E-state index in [9.17, 15) is 4.79 Å². The Morgan fingerprint density at radius 2 is 2.05 bits per heavy atom. The number of carbonyl (C=O) groups excluding carboxylic acids is 1. The lowest BCUT2D eigenvalue weighted by Crippen LogP contribution is -2.47. The third-order valence-corrected chi connectivity index (χ3v) is 3.24. The number of fused-ring (bicyclic) bond motifs is 1. The molecule has 0 aliphatic carbocycles. The molecule has 2 heterocycles. The Kier molecular flexibility index (Phi) is 4.46. The van der Waals surface area contributed by atoms with E-state index in [1.807, 2.05) is 39.8 Å². The summed E-state index contributed by atoms with van der Waals surface area (Å²) in [5.41, 5.74) is 2.06. The summed E-state index contributed by atoms with van der Waals surface area (Å²) in [5.74, 6) is -0.0513. The van der Waals surface area contributed by atoms with Gasteiger partial charge in [-0.2, -0.15) is 0 Å². The zero-order valence-corrected chi connectivity index (χ0v) is 14.2. The van der Waals surface area contributed by atoms with Crippen LogP contribution in [0.2, 0.25) is 0 Å². The van der Waals surface area contributed by atoms with Gasteiger partial charge in [-0.05, 0) is 55.8 Å². The Bertz CT molecular complexity index is 666. The van der Waals surface area contributed by atoms with Crippen LogP contribution in [0, 0.1) is 0 Å². The fourth-order valence-corrected chi connectivity index (χ4v) is 2.22. The fraction of sp³-hybridized carbons (Fsp3) is 0.400. The van der Waals surface area contributed by atoms with Gasteiger partial charge in [-0.25, -0.2) is 0 Å². The minimum atomic E-state index is -0.361. The standard InChI is InChI=1S/C15H19BrN4O/c1-9(14(21)20-15(2,3)4)19-11-5-6-17-12-7-10(16)8-18-13(11)12/h5-9H,1-4H3,(H,17,19)(H,20,21). The first kappa shape index (κ1) is 15.7. The van der Waals surface area contributed by atoms with Crippen LogP contribution in [0.25, 0.3) is 11.0 Å². The molecule has 0 aromatic carbocycles. The van der Waals surface area contributed by atoms with Crippen LogP contribution in [0.15, 0.2) is 29.0 Å². The quantitative estimate of drug-likeness (QED) is 0.892. The molecule has 1 atom stereocenters. The number of aromatic nitrogens is 2. The second-order valence-corrected chi connectivity index (χ2v) is 6.90. The summed E-state index contributed by atoms with van der Waals surface area (Å²) in [6.45, 7) is 7.70. The largest absolute Gasteiger partial charge is 0.372 e. The second-order valence-electron chi connectivity index (χ2n) is 5.99. The van der Waals surface area contributed by atoms with Crippen LogP contribution in [0.1, 0.15) is 27.7 Å². The summed E-state index contributed by atoms with van der Waals surface area (Å²) in [4.78, 5) is 20.8. The van der Waals surface area contributed by atoms with E-state index in [0.29, 0.717) is 0 Å². The summed E-state index contributed by atoms with van der Waals surface area (Å²) in [6, 6.07) is 3.36. The number of nitrogens with zero attached hydrogens (tertiary/aromatic N) is 2. The van der Waals surface area contributed by atoms with Gasteiger partial charge in [-0.1, -0.05) is 0 Å². The van der Waals surface area contributed by atoms with E-state index >= 15 is 0 Å². The predicted octanol–water partition coefficient (Wildman–Crippen LogP) is 3.11. The molecule has 21 heavy (non-hydrogen) atoms. The van der Waals surface area contributed by atoms with E-state index in [1.54, 1.807) is 12.4 Å². The number of anilines is 1. The Balaban J connectivity index is 2.22. The van der Waals surface area contributed by atoms with Gasteiger partial charge in [0.05, 0.1) is 11.2 Å². The van der Waals surface area contributed by atoms with E-state index in [4.69, 9.17) is 0 Å². The Morgan fingerprint density at radius 3 is 2.71 bits per heavy atom. The summed E-state index contributed by atoms with van der Waals surface area (Å²) in [5, 5.41) is 6.15. The average Bonchev–Trinajstić information content (AvgIpc) is 2.36. The summed E-state index contributed by atoms with van der Waals surface area (Å²) in [6.07, 6.45) is 3.42. The second kappa shape index (κ2) is 5.97. The van der Waals surface area contributed by atoms with Crippen molar-refractivity contribution in [3.05, 3.63) is 29.0 Å². The zero-order chi connectivity index (χ0) is 15.6. The van der Waals surface area contributed by atoms with Gasteiger partial charge in [0.1, 0.15) is 11.6 Å². The van der Waals surface area contributed by atoms with E-state index in [1.165, 1.54) is 0 Å². The van der Waals surface area contributed by atoms with Crippen molar-refractivity contribution in [2.45, 2.75) is 39.3 Å². The lowest BCUT2D eigenvalue weighted by Gasteiger charge is -2.24. The topological polar surface area (TPSA) is 66.9 Å². The lowest BCUT2D eigenvalue weighted by molar-refractivity contribution is -0.122. The molecule has 1 unspecified atom stereocenters. The van der Waals surface area contributed by atoms with Crippen molar-refractivity contribution in [2.24, 2.45) is 0 Å². The molecular weight excluding hydrogens is 332 g/mol. The van der Waals surface area contributed by atoms with Gasteiger partial charge in [0, 0.05) is 22.4 Å². The monoisotopic (exact) mass is 350 g/mol. The molecule has 0 radical (unpaired) electrons. The van der Waals surface area contributed by atoms with Crippen molar-refractivity contribution < 1.29 is 4.79 Å². The third-order valence-electron chi connectivity index (χ3n) is 2.81. The maximum atomic E-state index is 12.1. The number of halogens is 1. The highest BCUT2D eigenvalue weighted by molar-refractivity contribution is 9.10. The Labute approximate surface area is 132 Å². The van der Waals surface area contributed by atoms with Crippen molar-refractivity contribution in [3.8, 4) is 0 Å². The SMILES string of the molecule is CC(Nc1ccnc2cc(Br)cnc12)C(=O)NC(C)(C)C. The van der Waals surface area contributed by atoms with Crippen molar-refractivity contribution in [3.63, 3.8) is 0 Å². The van der Waals surface area contributed by atoms with Crippen LogP contribution in [0.4, 0.5) is 5.69 Å². The summed E-state index contributed by atoms with van der Waals surface area (Å²) < 4.78 is 0.873. The van der Waals surface area contributed by atoms with E-state index < -0.39 is 0 Å². The van der Waals surface area contributed by atoms with Crippen molar-refractivity contribution >= 4 is 38.6 Å². The fourth-order valence-electron chi connectivity index (χ4n) is 1.90. The molecule has 0 fully saturated rings. The molecule has 2 rings (SSSR count). The molecule has 1 amide bonds. The molecule has 0 aliphatic heterocycles. The van der Waals surface area contributed by atoms with Crippen LogP contribution in [0.5, 0.6) is 0 Å². The number of carbonyl (C=O) groups is 1. The highest BCUT2D eigenvalue weighted by atomic mass is 79.9. The highest BCUT2D eigenvalue weighted by Crippen LogP contribution is 2.22. The molecular formula is C15H19BrN4O. The molecule has 0 saturated carbocycles. The lowest BCUT2D eigenvalue weighted by atomic mass is 10.1. The summed E-state index contributed by atoms with van der Waals surface area (Å²) in [7, 11) is 0. The van der Waals surface area contributed by atoms with Crippen LogP contribution < -0.4 is 10.6 Å². The minimum absolute atomic E-state index is 0.0513. The van der Waals surface area contributed by atoms with Gasteiger partial charge in [0.25, 0.3) is 0 Å². The van der Waals surface area contributed by atoms with Gasteiger partial charge in [0.15, 0.2) is 0 Å². The number of nitrogens with one attached hydrogen (secondary N) is 2. The van der Waals surface area contributed by atoms with E-state index in [0.717, 1.165) is 21.2 Å². The van der Waals surface area contributed by atoms with Crippen molar-refractivity contribution in [2.75, 3.05) is 5.32 Å². The number of amides is 1. The maximum Gasteiger partial charge on any atom is 0.242 e. The molecule has 0 saturated heterocycles. The van der Waals surface area contributed by atoms with Gasteiger partial charge >= 0.3 is 0 Å². The smallest absolute Gasteiger partial charge is 0.242 e. The first-order valence-electron chi connectivity index (χ1n) is 6.75. The average molecular weight is 351 g/mol. The number of pyridine rings is 2. The van der Waals surface area contributed by atoms with Crippen molar-refractivity contribution in [1.82, 2.24) is 15.3 Å². The maximum absolute atomic E-state index is 12.1. The number of hydrogen-bond donors (Lipinski definition) is 2. The zero-order valence-electron chi connectivity index (χ0n) is 12.6. The van der Waals surface area contributed by atoms with Gasteiger partial charge in [-0.3, -0.25) is 14.8 Å². The molecule has 0 aliphatic rings. The molecule has 112 valence electrons.